The molecule has 3 aliphatic rings. The van der Waals surface area contributed by atoms with Gasteiger partial charge in [0.25, 0.3) is 0 Å². The number of ether oxygens (including phenoxy) is 5. The van der Waals surface area contributed by atoms with E-state index in [1.54, 1.807) is 13.8 Å². The fourth-order valence-electron chi connectivity index (χ4n) is 5.21. The molecule has 15 unspecified atom stereocenters. The number of rotatable bonds is 7. The van der Waals surface area contributed by atoms with Gasteiger partial charge in [0, 0.05) is 11.8 Å². The third-order valence-electron chi connectivity index (χ3n) is 8.21. The van der Waals surface area contributed by atoms with Crippen molar-refractivity contribution in [2.45, 2.75) is 115 Å². The summed E-state index contributed by atoms with van der Waals surface area (Å²) >= 11 is 0. The summed E-state index contributed by atoms with van der Waals surface area (Å²) in [5.74, 6) is -0.144. The standard InChI is InChI=1S/C24H44O10/c1-7-15-22(21(29)19(27)14(6)31-15)34-24-12(4)10(2)11(3)17(33-24)9-30-23-13(5)18(26)20(28)16(8-25)32-23/h10-29H,7-9H2,1-6H3. The normalized spacial score (nSPS) is 52.5. The molecule has 5 N–H and O–H groups in total. The fraction of sp³-hybridized carbons (Fsp3) is 1.00. The van der Waals surface area contributed by atoms with Gasteiger partial charge in [-0.25, -0.2) is 0 Å². The van der Waals surface area contributed by atoms with Gasteiger partial charge in [-0.15, -0.1) is 0 Å². The molecule has 3 rings (SSSR count). The first kappa shape index (κ1) is 28.2. The first-order valence-corrected chi connectivity index (χ1v) is 12.6. The van der Waals surface area contributed by atoms with Crippen LogP contribution in [-0.2, 0) is 23.7 Å². The van der Waals surface area contributed by atoms with Crippen molar-refractivity contribution in [1.29, 1.82) is 0 Å². The van der Waals surface area contributed by atoms with Crippen LogP contribution in [0.15, 0.2) is 0 Å². The van der Waals surface area contributed by atoms with Gasteiger partial charge in [0.1, 0.15) is 30.5 Å². The zero-order chi connectivity index (χ0) is 25.3. The lowest BCUT2D eigenvalue weighted by Crippen LogP contribution is -2.60. The largest absolute Gasteiger partial charge is 0.394 e. The molecule has 0 aromatic carbocycles. The SMILES string of the molecule is CCC1OC(C)C(O)C(O)C1OC1OC(COC2OC(CO)C(O)C(O)C2C)C(C)C(C)C1C. The van der Waals surface area contributed by atoms with Crippen LogP contribution < -0.4 is 0 Å². The molecule has 0 spiro atoms. The highest BCUT2D eigenvalue weighted by Gasteiger charge is 2.48. The molecule has 0 bridgehead atoms. The van der Waals surface area contributed by atoms with Crippen molar-refractivity contribution in [2.24, 2.45) is 23.7 Å². The first-order chi connectivity index (χ1) is 16.0. The Kier molecular flexibility index (Phi) is 9.75. The quantitative estimate of drug-likeness (QED) is 0.329. The predicted octanol–water partition coefficient (Wildman–Crippen LogP) is 0.0156. The minimum Gasteiger partial charge on any atom is -0.394 e. The average Bonchev–Trinajstić information content (AvgIpc) is 2.82. The van der Waals surface area contributed by atoms with Crippen molar-refractivity contribution in [2.75, 3.05) is 13.2 Å². The van der Waals surface area contributed by atoms with Crippen LogP contribution in [0.2, 0.25) is 0 Å². The minimum atomic E-state index is -1.18. The molecule has 3 heterocycles. The van der Waals surface area contributed by atoms with Crippen molar-refractivity contribution in [3.63, 3.8) is 0 Å². The van der Waals surface area contributed by atoms with Crippen molar-refractivity contribution in [1.82, 2.24) is 0 Å². The van der Waals surface area contributed by atoms with Crippen LogP contribution in [0, 0.1) is 23.7 Å². The second-order valence-corrected chi connectivity index (χ2v) is 10.4. The van der Waals surface area contributed by atoms with Gasteiger partial charge >= 0.3 is 0 Å². The Bertz CT molecular complexity index is 633. The summed E-state index contributed by atoms with van der Waals surface area (Å²) in [6.07, 6.45) is -8.09. The zero-order valence-corrected chi connectivity index (χ0v) is 21.1. The van der Waals surface area contributed by atoms with E-state index in [1.807, 2.05) is 13.8 Å². The summed E-state index contributed by atoms with van der Waals surface area (Å²) in [5.41, 5.74) is 0. The van der Waals surface area contributed by atoms with Crippen LogP contribution in [0.5, 0.6) is 0 Å². The third-order valence-corrected chi connectivity index (χ3v) is 8.21. The van der Waals surface area contributed by atoms with E-state index in [-0.39, 0.29) is 36.6 Å². The second kappa shape index (κ2) is 11.8. The molecule has 0 aliphatic carbocycles. The minimum absolute atomic E-state index is 0.0213. The monoisotopic (exact) mass is 492 g/mol. The molecule has 3 fully saturated rings. The maximum Gasteiger partial charge on any atom is 0.163 e. The van der Waals surface area contributed by atoms with Gasteiger partial charge in [-0.05, 0) is 25.2 Å². The van der Waals surface area contributed by atoms with E-state index < -0.39 is 67.8 Å². The van der Waals surface area contributed by atoms with Crippen LogP contribution in [0.3, 0.4) is 0 Å². The van der Waals surface area contributed by atoms with Gasteiger partial charge in [0.05, 0.1) is 37.6 Å². The van der Waals surface area contributed by atoms with Crippen molar-refractivity contribution < 1.29 is 49.2 Å². The smallest absolute Gasteiger partial charge is 0.163 e. The van der Waals surface area contributed by atoms with Gasteiger partial charge in [-0.2, -0.15) is 0 Å². The van der Waals surface area contributed by atoms with E-state index in [2.05, 4.69) is 13.8 Å². The molecule has 200 valence electrons. The molecule has 3 saturated heterocycles. The van der Waals surface area contributed by atoms with Crippen LogP contribution in [0.25, 0.3) is 0 Å². The molecule has 15 atom stereocenters. The highest BCUT2D eigenvalue weighted by atomic mass is 16.7. The lowest BCUT2D eigenvalue weighted by molar-refractivity contribution is -0.328. The Balaban J connectivity index is 1.66. The number of hydrogen-bond acceptors (Lipinski definition) is 10. The van der Waals surface area contributed by atoms with Crippen LogP contribution in [0.4, 0.5) is 0 Å². The molecule has 0 aromatic rings. The maximum atomic E-state index is 10.7. The van der Waals surface area contributed by atoms with E-state index in [0.717, 1.165) is 0 Å². The van der Waals surface area contributed by atoms with E-state index in [0.29, 0.717) is 6.42 Å². The second-order valence-electron chi connectivity index (χ2n) is 10.4. The highest BCUT2D eigenvalue weighted by Crippen LogP contribution is 2.38. The molecule has 10 heteroatoms. The highest BCUT2D eigenvalue weighted by molar-refractivity contribution is 4.93. The molecule has 3 aliphatic heterocycles. The maximum absolute atomic E-state index is 10.7. The van der Waals surface area contributed by atoms with Gasteiger partial charge in [0.15, 0.2) is 12.6 Å². The number of aliphatic hydroxyl groups is 5. The summed E-state index contributed by atoms with van der Waals surface area (Å²) in [5, 5.41) is 50.8. The topological polar surface area (TPSA) is 147 Å². The van der Waals surface area contributed by atoms with Crippen LogP contribution in [-0.4, -0.2) is 106 Å². The Hall–Kier alpha value is -0.400. The Morgan fingerprint density at radius 2 is 1.29 bits per heavy atom. The summed E-state index contributed by atoms with van der Waals surface area (Å²) in [4.78, 5) is 0. The summed E-state index contributed by atoms with van der Waals surface area (Å²) in [6.45, 7) is 11.4. The van der Waals surface area contributed by atoms with Gasteiger partial charge in [0.2, 0.25) is 0 Å². The summed E-state index contributed by atoms with van der Waals surface area (Å²) in [7, 11) is 0. The molecular formula is C24H44O10. The van der Waals surface area contributed by atoms with E-state index in [9.17, 15) is 25.5 Å². The van der Waals surface area contributed by atoms with Crippen LogP contribution >= 0.6 is 0 Å². The average molecular weight is 493 g/mol. The van der Waals surface area contributed by atoms with Gasteiger partial charge in [-0.1, -0.05) is 34.6 Å². The van der Waals surface area contributed by atoms with Crippen molar-refractivity contribution in [3.05, 3.63) is 0 Å². The Morgan fingerprint density at radius 3 is 1.91 bits per heavy atom. The van der Waals surface area contributed by atoms with Crippen molar-refractivity contribution >= 4 is 0 Å². The van der Waals surface area contributed by atoms with Crippen molar-refractivity contribution in [3.8, 4) is 0 Å². The lowest BCUT2D eigenvalue weighted by atomic mass is 9.79. The molecule has 0 saturated carbocycles. The van der Waals surface area contributed by atoms with E-state index in [4.69, 9.17) is 23.7 Å². The van der Waals surface area contributed by atoms with E-state index >= 15 is 0 Å². The van der Waals surface area contributed by atoms with Crippen LogP contribution in [0.1, 0.15) is 48.0 Å². The first-order valence-electron chi connectivity index (χ1n) is 12.6. The summed E-state index contributed by atoms with van der Waals surface area (Å²) < 4.78 is 30.1. The third kappa shape index (κ3) is 5.61. The molecule has 0 radical (unpaired) electrons. The molecule has 34 heavy (non-hydrogen) atoms. The molecule has 0 amide bonds. The van der Waals surface area contributed by atoms with E-state index in [1.165, 1.54) is 0 Å². The molecule has 0 aromatic heterocycles. The number of hydrogen-bond donors (Lipinski definition) is 5. The molecular weight excluding hydrogens is 448 g/mol. The zero-order valence-electron chi connectivity index (χ0n) is 21.1. The molecule has 10 nitrogen and oxygen atoms in total. The number of aliphatic hydroxyl groups excluding tert-OH is 5. The Labute approximate surface area is 202 Å². The lowest BCUT2D eigenvalue weighted by Gasteiger charge is -2.48. The van der Waals surface area contributed by atoms with Gasteiger partial charge < -0.3 is 49.2 Å². The predicted molar refractivity (Wildman–Crippen MR) is 121 cm³/mol. The fourth-order valence-corrected chi connectivity index (χ4v) is 5.21. The summed E-state index contributed by atoms with van der Waals surface area (Å²) in [6, 6.07) is 0. The van der Waals surface area contributed by atoms with Gasteiger partial charge in [-0.3, -0.25) is 0 Å². The Morgan fingerprint density at radius 1 is 0.647 bits per heavy atom.